The molecule has 0 saturated heterocycles. The second kappa shape index (κ2) is 5.77. The number of aromatic nitrogens is 2. The van der Waals surface area contributed by atoms with Gasteiger partial charge in [0, 0.05) is 24.2 Å². The van der Waals surface area contributed by atoms with Crippen LogP contribution in [-0.4, -0.2) is 15.9 Å². The van der Waals surface area contributed by atoms with Gasteiger partial charge in [-0.1, -0.05) is 42.5 Å². The molecule has 0 aliphatic carbocycles. The highest BCUT2D eigenvalue weighted by atomic mass is 16.5. The maximum atomic E-state index is 11.3. The Bertz CT molecular complexity index is 909. The number of fused-ring (bicyclic) bond motifs is 3. The van der Waals surface area contributed by atoms with Gasteiger partial charge in [0.1, 0.15) is 5.75 Å². The van der Waals surface area contributed by atoms with E-state index in [-0.39, 0.29) is 12.0 Å². The van der Waals surface area contributed by atoms with Crippen LogP contribution in [0.3, 0.4) is 0 Å². The summed E-state index contributed by atoms with van der Waals surface area (Å²) in [5.74, 6) is 0.867. The Morgan fingerprint density at radius 2 is 1.83 bits per heavy atom. The van der Waals surface area contributed by atoms with Crippen LogP contribution in [0.1, 0.15) is 24.2 Å². The molecule has 118 valence electrons. The standard InChI is InChI=1S/C19H15N3O2/c1-12(23)21-19-20-11-15-17(22-19)14-9-5-6-10-16(14)24-18(15)13-7-3-2-4-8-13/h2-11,18H,1H3,(H,20,21,22,23)/t18-/m0/s1. The topological polar surface area (TPSA) is 64.1 Å². The van der Waals surface area contributed by atoms with Gasteiger partial charge in [0.25, 0.3) is 0 Å². The Morgan fingerprint density at radius 3 is 2.62 bits per heavy atom. The summed E-state index contributed by atoms with van der Waals surface area (Å²) in [6, 6.07) is 17.7. The molecule has 2 heterocycles. The molecule has 0 unspecified atom stereocenters. The summed E-state index contributed by atoms with van der Waals surface area (Å²) in [5.41, 5.74) is 3.59. The Morgan fingerprint density at radius 1 is 1.08 bits per heavy atom. The van der Waals surface area contributed by atoms with E-state index in [0.29, 0.717) is 5.95 Å². The highest BCUT2D eigenvalue weighted by Gasteiger charge is 2.29. The summed E-state index contributed by atoms with van der Waals surface area (Å²) in [7, 11) is 0. The summed E-state index contributed by atoms with van der Waals surface area (Å²) in [5, 5.41) is 2.64. The van der Waals surface area contributed by atoms with Gasteiger partial charge in [0.2, 0.25) is 11.9 Å². The van der Waals surface area contributed by atoms with Crippen molar-refractivity contribution in [2.45, 2.75) is 13.0 Å². The van der Waals surface area contributed by atoms with Crippen molar-refractivity contribution >= 4 is 11.9 Å². The largest absolute Gasteiger partial charge is 0.480 e. The monoisotopic (exact) mass is 317 g/mol. The van der Waals surface area contributed by atoms with Gasteiger partial charge in [-0.3, -0.25) is 10.1 Å². The maximum absolute atomic E-state index is 11.3. The number of carbonyl (C=O) groups excluding carboxylic acids is 1. The normalized spacial score (nSPS) is 15.0. The maximum Gasteiger partial charge on any atom is 0.229 e. The van der Waals surface area contributed by atoms with Gasteiger partial charge in [0.15, 0.2) is 6.10 Å². The number of benzene rings is 2. The molecule has 5 heteroatoms. The lowest BCUT2D eigenvalue weighted by molar-refractivity contribution is -0.114. The number of ether oxygens (including phenoxy) is 1. The van der Waals surface area contributed by atoms with Gasteiger partial charge in [-0.15, -0.1) is 0 Å². The van der Waals surface area contributed by atoms with Crippen LogP contribution in [0, 0.1) is 0 Å². The molecule has 0 fully saturated rings. The molecular formula is C19H15N3O2. The van der Waals surface area contributed by atoms with E-state index in [1.807, 2.05) is 54.6 Å². The van der Waals surface area contributed by atoms with Crippen LogP contribution in [0.5, 0.6) is 5.75 Å². The number of anilines is 1. The fourth-order valence-electron chi connectivity index (χ4n) is 2.85. The smallest absolute Gasteiger partial charge is 0.229 e. The number of rotatable bonds is 2. The number of hydrogen-bond donors (Lipinski definition) is 1. The van der Waals surface area contributed by atoms with Crippen molar-refractivity contribution in [3.05, 3.63) is 71.9 Å². The van der Waals surface area contributed by atoms with E-state index in [4.69, 9.17) is 4.74 Å². The summed E-state index contributed by atoms with van der Waals surface area (Å²) in [4.78, 5) is 20.1. The van der Waals surface area contributed by atoms with Crippen LogP contribution in [0.4, 0.5) is 5.95 Å². The number of nitrogens with zero attached hydrogens (tertiary/aromatic N) is 2. The van der Waals surface area contributed by atoms with Crippen LogP contribution in [0.25, 0.3) is 11.3 Å². The summed E-state index contributed by atoms with van der Waals surface area (Å²) < 4.78 is 6.20. The van der Waals surface area contributed by atoms with Crippen LogP contribution in [0.2, 0.25) is 0 Å². The molecule has 1 aliphatic heterocycles. The van der Waals surface area contributed by atoms with Crippen LogP contribution >= 0.6 is 0 Å². The van der Waals surface area contributed by atoms with Crippen molar-refractivity contribution in [2.75, 3.05) is 5.32 Å². The van der Waals surface area contributed by atoms with Gasteiger partial charge in [-0.25, -0.2) is 9.97 Å². The van der Waals surface area contributed by atoms with Crippen molar-refractivity contribution in [1.82, 2.24) is 9.97 Å². The molecule has 4 rings (SSSR count). The second-order valence-electron chi connectivity index (χ2n) is 5.58. The zero-order chi connectivity index (χ0) is 16.5. The van der Waals surface area contributed by atoms with Crippen molar-refractivity contribution in [2.24, 2.45) is 0 Å². The predicted octanol–water partition coefficient (Wildman–Crippen LogP) is 3.58. The Kier molecular flexibility index (Phi) is 3.46. The highest BCUT2D eigenvalue weighted by molar-refractivity contribution is 5.87. The fraction of sp³-hybridized carbons (Fsp3) is 0.105. The van der Waals surface area contributed by atoms with E-state index in [1.165, 1.54) is 6.92 Å². The van der Waals surface area contributed by atoms with Gasteiger partial charge in [-0.2, -0.15) is 0 Å². The van der Waals surface area contributed by atoms with E-state index in [1.54, 1.807) is 6.20 Å². The van der Waals surface area contributed by atoms with Crippen LogP contribution < -0.4 is 10.1 Å². The first-order chi connectivity index (χ1) is 11.7. The minimum absolute atomic E-state index is 0.199. The SMILES string of the molecule is CC(=O)Nc1ncc2c(n1)-c1ccccc1O[C@H]2c1ccccc1. The molecule has 1 N–H and O–H groups in total. The van der Waals surface area contributed by atoms with Crippen molar-refractivity contribution in [1.29, 1.82) is 0 Å². The predicted molar refractivity (Wildman–Crippen MR) is 90.7 cm³/mol. The number of amides is 1. The Labute approximate surface area is 139 Å². The average Bonchev–Trinajstić information content (AvgIpc) is 2.61. The molecule has 0 bridgehead atoms. The zero-order valence-electron chi connectivity index (χ0n) is 13.1. The summed E-state index contributed by atoms with van der Waals surface area (Å²) in [6.07, 6.45) is 1.45. The van der Waals surface area contributed by atoms with E-state index in [2.05, 4.69) is 15.3 Å². The Hall–Kier alpha value is -3.21. The number of nitrogens with one attached hydrogen (secondary N) is 1. The molecule has 1 aliphatic rings. The molecule has 5 nitrogen and oxygen atoms in total. The third-order valence-corrected chi connectivity index (χ3v) is 3.88. The summed E-state index contributed by atoms with van der Waals surface area (Å²) in [6.45, 7) is 1.44. The first kappa shape index (κ1) is 14.4. The molecular weight excluding hydrogens is 302 g/mol. The minimum atomic E-state index is -0.275. The van der Waals surface area contributed by atoms with Gasteiger partial charge >= 0.3 is 0 Å². The molecule has 0 saturated carbocycles. The van der Waals surface area contributed by atoms with Crippen LogP contribution in [-0.2, 0) is 4.79 Å². The molecule has 1 amide bonds. The lowest BCUT2D eigenvalue weighted by Gasteiger charge is -2.28. The van der Waals surface area contributed by atoms with Gasteiger partial charge < -0.3 is 4.74 Å². The Balaban J connectivity index is 1.88. The first-order valence-electron chi connectivity index (χ1n) is 7.68. The molecule has 2 aromatic carbocycles. The van der Waals surface area contributed by atoms with Gasteiger partial charge in [-0.05, 0) is 17.7 Å². The molecule has 1 atom stereocenters. The zero-order valence-corrected chi connectivity index (χ0v) is 13.1. The lowest BCUT2D eigenvalue weighted by Crippen LogP contribution is -2.18. The molecule has 1 aromatic heterocycles. The molecule has 0 radical (unpaired) electrons. The van der Waals surface area contributed by atoms with E-state index >= 15 is 0 Å². The van der Waals surface area contributed by atoms with Crippen molar-refractivity contribution < 1.29 is 9.53 Å². The van der Waals surface area contributed by atoms with Gasteiger partial charge in [0.05, 0.1) is 5.69 Å². The first-order valence-corrected chi connectivity index (χ1v) is 7.68. The summed E-state index contributed by atoms with van der Waals surface area (Å²) >= 11 is 0. The van der Waals surface area contributed by atoms with Crippen LogP contribution in [0.15, 0.2) is 60.8 Å². The minimum Gasteiger partial charge on any atom is -0.480 e. The van der Waals surface area contributed by atoms with Crippen molar-refractivity contribution in [3.8, 4) is 17.0 Å². The van der Waals surface area contributed by atoms with E-state index in [0.717, 1.165) is 28.1 Å². The number of hydrogen-bond acceptors (Lipinski definition) is 4. The highest BCUT2D eigenvalue weighted by Crippen LogP contribution is 2.43. The molecule has 3 aromatic rings. The number of para-hydroxylation sites is 1. The number of carbonyl (C=O) groups is 1. The average molecular weight is 317 g/mol. The molecule has 24 heavy (non-hydrogen) atoms. The quantitative estimate of drug-likeness (QED) is 0.784. The second-order valence-corrected chi connectivity index (χ2v) is 5.58. The van der Waals surface area contributed by atoms with Crippen molar-refractivity contribution in [3.63, 3.8) is 0 Å². The lowest BCUT2D eigenvalue weighted by atomic mass is 9.94. The van der Waals surface area contributed by atoms with E-state index in [9.17, 15) is 4.79 Å². The third kappa shape index (κ3) is 2.50. The fourth-order valence-corrected chi connectivity index (χ4v) is 2.85. The van der Waals surface area contributed by atoms with E-state index < -0.39 is 0 Å². The molecule has 0 spiro atoms. The third-order valence-electron chi connectivity index (χ3n) is 3.88.